The molecule has 8 nitrogen and oxygen atoms in total. The van der Waals surface area contributed by atoms with Crippen LogP contribution in [0.4, 0.5) is 11.6 Å². The fourth-order valence-electron chi connectivity index (χ4n) is 1.76. The third-order valence-corrected chi connectivity index (χ3v) is 2.56. The van der Waals surface area contributed by atoms with Gasteiger partial charge in [0.2, 0.25) is 0 Å². The quantitative estimate of drug-likeness (QED) is 0.809. The van der Waals surface area contributed by atoms with Gasteiger partial charge in [-0.1, -0.05) is 0 Å². The van der Waals surface area contributed by atoms with Crippen molar-refractivity contribution in [2.75, 3.05) is 18.2 Å². The van der Waals surface area contributed by atoms with Gasteiger partial charge in [0.05, 0.1) is 6.04 Å². The summed E-state index contributed by atoms with van der Waals surface area (Å²) in [5.74, 6) is 2.38. The molecule has 3 N–H and O–H groups in total. The summed E-state index contributed by atoms with van der Waals surface area (Å²) in [6, 6.07) is 1.63. The van der Waals surface area contributed by atoms with Gasteiger partial charge in [0.15, 0.2) is 11.6 Å². The number of rotatable bonds is 5. The summed E-state index contributed by atoms with van der Waals surface area (Å²) in [4.78, 5) is 8.40. The molecule has 0 aliphatic rings. The van der Waals surface area contributed by atoms with Gasteiger partial charge < -0.3 is 20.4 Å². The summed E-state index contributed by atoms with van der Waals surface area (Å²) in [5.41, 5.74) is 5.73. The zero-order valence-corrected chi connectivity index (χ0v) is 11.2. The molecule has 0 aliphatic heterocycles. The van der Waals surface area contributed by atoms with Crippen LogP contribution in [0.15, 0.2) is 12.4 Å². The van der Waals surface area contributed by atoms with E-state index in [1.165, 1.54) is 0 Å². The highest BCUT2D eigenvalue weighted by molar-refractivity contribution is 5.45. The van der Waals surface area contributed by atoms with Crippen LogP contribution in [0, 0.1) is 0 Å². The first kappa shape index (κ1) is 13.2. The molecule has 0 bridgehead atoms. The topological polar surface area (TPSA) is 104 Å². The van der Waals surface area contributed by atoms with Crippen LogP contribution in [-0.4, -0.2) is 31.8 Å². The summed E-state index contributed by atoms with van der Waals surface area (Å²) in [7, 11) is 3.47. The maximum atomic E-state index is 5.73. The van der Waals surface area contributed by atoms with Crippen molar-refractivity contribution >= 4 is 11.6 Å². The first-order valence-electron chi connectivity index (χ1n) is 5.83. The van der Waals surface area contributed by atoms with Gasteiger partial charge >= 0.3 is 0 Å². The molecule has 0 radical (unpaired) electrons. The van der Waals surface area contributed by atoms with Gasteiger partial charge in [0, 0.05) is 20.2 Å². The van der Waals surface area contributed by atoms with Crippen LogP contribution in [0.2, 0.25) is 0 Å². The summed E-state index contributed by atoms with van der Waals surface area (Å²) in [6.45, 7) is 2.29. The standard InChI is InChI=1S/C11H17N7O/c1-7(11-17-13-6-18(11)2)14-9-4-8(12)15-10(16-9)5-19-3/h4,6-7H,5H2,1-3H3,(H3,12,14,15,16). The molecule has 2 rings (SSSR count). The zero-order valence-electron chi connectivity index (χ0n) is 11.2. The average molecular weight is 263 g/mol. The monoisotopic (exact) mass is 263 g/mol. The van der Waals surface area contributed by atoms with Crippen LogP contribution < -0.4 is 11.1 Å². The van der Waals surface area contributed by atoms with Crippen molar-refractivity contribution in [3.8, 4) is 0 Å². The molecule has 0 saturated carbocycles. The van der Waals surface area contributed by atoms with E-state index in [4.69, 9.17) is 10.5 Å². The Morgan fingerprint density at radius 2 is 2.26 bits per heavy atom. The lowest BCUT2D eigenvalue weighted by Gasteiger charge is -2.14. The van der Waals surface area contributed by atoms with Crippen molar-refractivity contribution in [3.05, 3.63) is 24.0 Å². The van der Waals surface area contributed by atoms with E-state index in [9.17, 15) is 0 Å². The second kappa shape index (κ2) is 5.61. The van der Waals surface area contributed by atoms with Crippen molar-refractivity contribution < 1.29 is 4.74 Å². The molecule has 8 heteroatoms. The van der Waals surface area contributed by atoms with Crippen LogP contribution in [0.1, 0.15) is 24.6 Å². The van der Waals surface area contributed by atoms with Crippen molar-refractivity contribution in [1.29, 1.82) is 0 Å². The molecular formula is C11H17N7O. The van der Waals surface area contributed by atoms with Gasteiger partial charge in [-0.3, -0.25) is 0 Å². The van der Waals surface area contributed by atoms with E-state index in [1.807, 2.05) is 18.5 Å². The van der Waals surface area contributed by atoms with Crippen LogP contribution in [0.25, 0.3) is 0 Å². The minimum atomic E-state index is -0.0443. The Morgan fingerprint density at radius 3 is 2.89 bits per heavy atom. The first-order valence-corrected chi connectivity index (χ1v) is 5.83. The highest BCUT2D eigenvalue weighted by atomic mass is 16.5. The minimum absolute atomic E-state index is 0.0443. The number of nitrogens with zero attached hydrogens (tertiary/aromatic N) is 5. The molecule has 0 spiro atoms. The Bertz CT molecular complexity index is 554. The molecule has 2 heterocycles. The molecule has 0 aromatic carbocycles. The second-order valence-electron chi connectivity index (χ2n) is 4.19. The highest BCUT2D eigenvalue weighted by Gasteiger charge is 2.12. The van der Waals surface area contributed by atoms with Gasteiger partial charge in [-0.15, -0.1) is 10.2 Å². The van der Waals surface area contributed by atoms with Crippen molar-refractivity contribution in [2.45, 2.75) is 19.6 Å². The molecule has 19 heavy (non-hydrogen) atoms. The fraction of sp³-hybridized carbons (Fsp3) is 0.455. The van der Waals surface area contributed by atoms with Crippen molar-refractivity contribution in [3.63, 3.8) is 0 Å². The molecule has 1 atom stereocenters. The number of hydrogen-bond donors (Lipinski definition) is 2. The second-order valence-corrected chi connectivity index (χ2v) is 4.19. The Morgan fingerprint density at radius 1 is 1.47 bits per heavy atom. The highest BCUT2D eigenvalue weighted by Crippen LogP contribution is 2.16. The van der Waals surface area contributed by atoms with Gasteiger partial charge in [-0.05, 0) is 6.92 Å². The van der Waals surface area contributed by atoms with Crippen LogP contribution >= 0.6 is 0 Å². The number of ether oxygens (including phenoxy) is 1. The number of nitrogens with two attached hydrogens (primary N) is 1. The molecule has 1 unspecified atom stereocenters. The van der Waals surface area contributed by atoms with E-state index in [-0.39, 0.29) is 6.04 Å². The smallest absolute Gasteiger partial charge is 0.158 e. The summed E-state index contributed by atoms with van der Waals surface area (Å²) in [5, 5.41) is 11.1. The zero-order chi connectivity index (χ0) is 13.8. The van der Waals surface area contributed by atoms with E-state index in [1.54, 1.807) is 19.5 Å². The predicted octanol–water partition coefficient (Wildman–Crippen LogP) is 0.507. The van der Waals surface area contributed by atoms with E-state index in [2.05, 4.69) is 25.5 Å². The number of methoxy groups -OCH3 is 1. The fourth-order valence-corrected chi connectivity index (χ4v) is 1.76. The van der Waals surface area contributed by atoms with E-state index in [0.29, 0.717) is 24.1 Å². The van der Waals surface area contributed by atoms with Gasteiger partial charge in [0.25, 0.3) is 0 Å². The maximum absolute atomic E-state index is 5.73. The maximum Gasteiger partial charge on any atom is 0.158 e. The number of anilines is 2. The molecule has 2 aromatic heterocycles. The number of hydrogen-bond acceptors (Lipinski definition) is 7. The number of nitrogen functional groups attached to an aromatic ring is 1. The lowest BCUT2D eigenvalue weighted by molar-refractivity contribution is 0.178. The molecule has 2 aromatic rings. The Labute approximate surface area is 111 Å². The van der Waals surface area contributed by atoms with Gasteiger partial charge in [-0.25, -0.2) is 9.97 Å². The third kappa shape index (κ3) is 3.16. The number of aromatic nitrogens is 5. The minimum Gasteiger partial charge on any atom is -0.384 e. The Balaban J connectivity index is 2.16. The number of nitrogens with one attached hydrogen (secondary N) is 1. The largest absolute Gasteiger partial charge is 0.384 e. The van der Waals surface area contributed by atoms with Gasteiger partial charge in [0.1, 0.15) is 24.6 Å². The van der Waals surface area contributed by atoms with E-state index < -0.39 is 0 Å². The molecular weight excluding hydrogens is 246 g/mol. The normalized spacial score (nSPS) is 12.4. The summed E-state index contributed by atoms with van der Waals surface area (Å²) < 4.78 is 6.84. The van der Waals surface area contributed by atoms with Crippen LogP contribution in [0.3, 0.4) is 0 Å². The molecule has 0 saturated heterocycles. The van der Waals surface area contributed by atoms with Crippen molar-refractivity contribution in [1.82, 2.24) is 24.7 Å². The Hall–Kier alpha value is -2.22. The Kier molecular flexibility index (Phi) is 3.91. The van der Waals surface area contributed by atoms with E-state index >= 15 is 0 Å². The number of aryl methyl sites for hydroxylation is 1. The van der Waals surface area contributed by atoms with E-state index in [0.717, 1.165) is 5.82 Å². The lowest BCUT2D eigenvalue weighted by Crippen LogP contribution is -2.14. The third-order valence-electron chi connectivity index (χ3n) is 2.56. The first-order chi connectivity index (χ1) is 9.10. The lowest BCUT2D eigenvalue weighted by atomic mass is 10.3. The summed E-state index contributed by atoms with van der Waals surface area (Å²) >= 11 is 0. The van der Waals surface area contributed by atoms with Crippen molar-refractivity contribution in [2.24, 2.45) is 7.05 Å². The SMILES string of the molecule is COCc1nc(N)cc(NC(C)c2nncn2C)n1. The molecule has 0 fully saturated rings. The van der Waals surface area contributed by atoms with Crippen LogP contribution in [-0.2, 0) is 18.4 Å². The molecule has 0 amide bonds. The molecule has 102 valence electrons. The van der Waals surface area contributed by atoms with Crippen LogP contribution in [0.5, 0.6) is 0 Å². The van der Waals surface area contributed by atoms with Gasteiger partial charge in [-0.2, -0.15) is 0 Å². The summed E-state index contributed by atoms with van der Waals surface area (Å²) in [6.07, 6.45) is 1.65. The molecule has 0 aliphatic carbocycles. The average Bonchev–Trinajstić information content (AvgIpc) is 2.75. The predicted molar refractivity (Wildman–Crippen MR) is 70.2 cm³/mol.